The number of aryl methyl sites for hydroxylation is 1. The molecule has 3 amide bonds. The van der Waals surface area contributed by atoms with Gasteiger partial charge in [0.1, 0.15) is 5.75 Å². The molecule has 37 heavy (non-hydrogen) atoms. The van der Waals surface area contributed by atoms with Gasteiger partial charge >= 0.3 is 0 Å². The largest absolute Gasteiger partial charge is 0.484 e. The lowest BCUT2D eigenvalue weighted by Crippen LogP contribution is -2.39. The van der Waals surface area contributed by atoms with Gasteiger partial charge < -0.3 is 25.0 Å². The molecule has 198 valence electrons. The van der Waals surface area contributed by atoms with Gasteiger partial charge in [-0.25, -0.2) is 0 Å². The number of benzene rings is 2. The molecule has 2 aromatic carbocycles. The normalized spacial score (nSPS) is 18.0. The lowest BCUT2D eigenvalue weighted by atomic mass is 10.1. The quantitative estimate of drug-likeness (QED) is 0.453. The van der Waals surface area contributed by atoms with Gasteiger partial charge in [-0.15, -0.1) is 0 Å². The van der Waals surface area contributed by atoms with Crippen LogP contribution in [0.1, 0.15) is 25.3 Å². The van der Waals surface area contributed by atoms with Crippen molar-refractivity contribution in [2.75, 3.05) is 62.8 Å². The van der Waals surface area contributed by atoms with Crippen LogP contribution in [0.2, 0.25) is 0 Å². The molecule has 2 aliphatic heterocycles. The second-order valence-corrected chi connectivity index (χ2v) is 9.39. The van der Waals surface area contributed by atoms with E-state index in [1.54, 1.807) is 29.2 Å². The lowest BCUT2D eigenvalue weighted by molar-refractivity contribution is -0.126. The van der Waals surface area contributed by atoms with E-state index in [1.165, 1.54) is 5.56 Å². The summed E-state index contributed by atoms with van der Waals surface area (Å²) in [6.45, 7) is 7.25. The molecule has 2 saturated heterocycles. The molecule has 9 heteroatoms. The van der Waals surface area contributed by atoms with Crippen LogP contribution in [0.15, 0.2) is 48.5 Å². The van der Waals surface area contributed by atoms with E-state index < -0.39 is 0 Å². The van der Waals surface area contributed by atoms with Crippen LogP contribution in [0.4, 0.5) is 11.4 Å². The minimum Gasteiger partial charge on any atom is -0.484 e. The zero-order chi connectivity index (χ0) is 26.0. The van der Waals surface area contributed by atoms with E-state index in [0.29, 0.717) is 24.5 Å². The summed E-state index contributed by atoms with van der Waals surface area (Å²) < 4.78 is 10.9. The Labute approximate surface area is 218 Å². The molecule has 2 heterocycles. The second kappa shape index (κ2) is 13.2. The second-order valence-electron chi connectivity index (χ2n) is 9.39. The average Bonchev–Trinajstić information content (AvgIpc) is 3.32. The number of ether oxygens (including phenoxy) is 2. The summed E-state index contributed by atoms with van der Waals surface area (Å²) in [6.07, 6.45) is 2.02. The van der Waals surface area contributed by atoms with Crippen LogP contribution in [0.3, 0.4) is 0 Å². The van der Waals surface area contributed by atoms with E-state index in [2.05, 4.69) is 22.5 Å². The SMILES string of the molecule is CCc1ccc(NC(=O)COc2ccc(N3C[C@@H](C(=O)NCCCN4CCOCC4)CC3=O)cc2)cc1. The van der Waals surface area contributed by atoms with Gasteiger partial charge in [0.15, 0.2) is 6.61 Å². The minimum absolute atomic E-state index is 0.0735. The summed E-state index contributed by atoms with van der Waals surface area (Å²) in [5, 5.41) is 5.80. The topological polar surface area (TPSA) is 100 Å². The standard InChI is InChI=1S/C28H36N4O5/c1-2-21-4-6-23(7-5-21)30-26(33)20-37-25-10-8-24(9-11-25)32-19-22(18-27(32)34)28(35)29-12-3-13-31-14-16-36-17-15-31/h4-11,22H,2-3,12-20H2,1H3,(H,29,35)(H,30,33)/t22-/m0/s1. The van der Waals surface area contributed by atoms with Crippen LogP contribution in [0.25, 0.3) is 0 Å². The fourth-order valence-corrected chi connectivity index (χ4v) is 4.51. The predicted octanol–water partition coefficient (Wildman–Crippen LogP) is 2.46. The maximum Gasteiger partial charge on any atom is 0.262 e. The van der Waals surface area contributed by atoms with Crippen molar-refractivity contribution in [1.82, 2.24) is 10.2 Å². The first-order valence-electron chi connectivity index (χ1n) is 13.0. The van der Waals surface area contributed by atoms with Crippen molar-refractivity contribution < 1.29 is 23.9 Å². The van der Waals surface area contributed by atoms with Gasteiger partial charge in [0.2, 0.25) is 11.8 Å². The van der Waals surface area contributed by atoms with Crippen LogP contribution < -0.4 is 20.3 Å². The van der Waals surface area contributed by atoms with Crippen molar-refractivity contribution in [3.63, 3.8) is 0 Å². The van der Waals surface area contributed by atoms with E-state index in [-0.39, 0.29) is 36.7 Å². The van der Waals surface area contributed by atoms with Crippen molar-refractivity contribution in [1.29, 1.82) is 0 Å². The van der Waals surface area contributed by atoms with Crippen molar-refractivity contribution in [2.45, 2.75) is 26.2 Å². The summed E-state index contributed by atoms with van der Waals surface area (Å²) in [5.74, 6) is -0.228. The van der Waals surface area contributed by atoms with Crippen molar-refractivity contribution in [2.24, 2.45) is 5.92 Å². The van der Waals surface area contributed by atoms with E-state index in [4.69, 9.17) is 9.47 Å². The Morgan fingerprint density at radius 3 is 2.49 bits per heavy atom. The highest BCUT2D eigenvalue weighted by atomic mass is 16.5. The Morgan fingerprint density at radius 1 is 1.05 bits per heavy atom. The maximum atomic E-state index is 12.6. The Balaban J connectivity index is 1.18. The predicted molar refractivity (Wildman–Crippen MR) is 142 cm³/mol. The lowest BCUT2D eigenvalue weighted by Gasteiger charge is -2.26. The highest BCUT2D eigenvalue weighted by molar-refractivity contribution is 6.00. The molecule has 0 bridgehead atoms. The summed E-state index contributed by atoms with van der Waals surface area (Å²) in [6, 6.07) is 14.7. The molecule has 0 aromatic heterocycles. The molecular formula is C28H36N4O5. The van der Waals surface area contributed by atoms with Gasteiger partial charge in [-0.2, -0.15) is 0 Å². The third-order valence-electron chi connectivity index (χ3n) is 6.71. The molecule has 0 saturated carbocycles. The molecule has 2 aromatic rings. The molecule has 1 atom stereocenters. The zero-order valence-corrected chi connectivity index (χ0v) is 21.4. The monoisotopic (exact) mass is 508 g/mol. The number of anilines is 2. The molecule has 2 N–H and O–H groups in total. The van der Waals surface area contributed by atoms with E-state index in [9.17, 15) is 14.4 Å². The third-order valence-corrected chi connectivity index (χ3v) is 6.71. The summed E-state index contributed by atoms with van der Waals surface area (Å²) in [4.78, 5) is 41.4. The number of carbonyl (C=O) groups is 3. The number of nitrogens with zero attached hydrogens (tertiary/aromatic N) is 2. The zero-order valence-electron chi connectivity index (χ0n) is 21.4. The molecule has 0 aliphatic carbocycles. The van der Waals surface area contributed by atoms with Gasteiger partial charge in [-0.05, 0) is 61.3 Å². The number of carbonyl (C=O) groups excluding carboxylic acids is 3. The van der Waals surface area contributed by atoms with E-state index >= 15 is 0 Å². The maximum absolute atomic E-state index is 12.6. The van der Waals surface area contributed by atoms with Gasteiger partial charge in [-0.1, -0.05) is 19.1 Å². The number of hydrogen-bond acceptors (Lipinski definition) is 6. The number of nitrogens with one attached hydrogen (secondary N) is 2. The summed E-state index contributed by atoms with van der Waals surface area (Å²) in [5.41, 5.74) is 2.64. The Bertz CT molecular complexity index is 1050. The Hall–Kier alpha value is -3.43. The minimum atomic E-state index is -0.359. The Morgan fingerprint density at radius 2 is 1.78 bits per heavy atom. The number of hydrogen-bond donors (Lipinski definition) is 2. The molecule has 2 fully saturated rings. The van der Waals surface area contributed by atoms with Gasteiger partial charge in [0.25, 0.3) is 5.91 Å². The van der Waals surface area contributed by atoms with Crippen molar-refractivity contribution in [3.8, 4) is 5.75 Å². The van der Waals surface area contributed by atoms with Crippen LogP contribution in [-0.4, -0.2) is 75.2 Å². The molecule has 9 nitrogen and oxygen atoms in total. The average molecular weight is 509 g/mol. The van der Waals surface area contributed by atoms with Crippen LogP contribution in [0, 0.1) is 5.92 Å². The van der Waals surface area contributed by atoms with Gasteiger partial charge in [-0.3, -0.25) is 19.3 Å². The molecule has 0 unspecified atom stereocenters. The first kappa shape index (κ1) is 26.6. The fraction of sp³-hybridized carbons (Fsp3) is 0.464. The summed E-state index contributed by atoms with van der Waals surface area (Å²) in [7, 11) is 0. The van der Waals surface area contributed by atoms with Gasteiger partial charge in [0.05, 0.1) is 19.1 Å². The Kier molecular flexibility index (Phi) is 9.51. The highest BCUT2D eigenvalue weighted by Gasteiger charge is 2.35. The van der Waals surface area contributed by atoms with Crippen LogP contribution in [0.5, 0.6) is 5.75 Å². The van der Waals surface area contributed by atoms with Crippen LogP contribution in [-0.2, 0) is 25.5 Å². The van der Waals surface area contributed by atoms with E-state index in [0.717, 1.165) is 51.4 Å². The molecule has 2 aliphatic rings. The molecule has 0 spiro atoms. The van der Waals surface area contributed by atoms with Crippen LogP contribution >= 0.6 is 0 Å². The third kappa shape index (κ3) is 7.77. The molecular weight excluding hydrogens is 472 g/mol. The van der Waals surface area contributed by atoms with Crippen molar-refractivity contribution in [3.05, 3.63) is 54.1 Å². The smallest absolute Gasteiger partial charge is 0.262 e. The first-order valence-corrected chi connectivity index (χ1v) is 13.0. The molecule has 4 rings (SSSR count). The van der Waals surface area contributed by atoms with Gasteiger partial charge in [0, 0.05) is 44.0 Å². The number of amides is 3. The fourth-order valence-electron chi connectivity index (χ4n) is 4.51. The highest BCUT2D eigenvalue weighted by Crippen LogP contribution is 2.27. The first-order chi connectivity index (χ1) is 18.0. The molecule has 0 radical (unpaired) electrons. The summed E-state index contributed by atoms with van der Waals surface area (Å²) >= 11 is 0. The van der Waals surface area contributed by atoms with Crippen molar-refractivity contribution >= 4 is 29.1 Å². The number of rotatable bonds is 11. The van der Waals surface area contributed by atoms with E-state index in [1.807, 2.05) is 24.3 Å². The number of morpholine rings is 1.